The Kier molecular flexibility index (Phi) is 5.15. The predicted molar refractivity (Wildman–Crippen MR) is 101 cm³/mol. The Morgan fingerprint density at radius 1 is 0.714 bits per heavy atom. The normalized spacial score (nSPS) is 25.9. The second kappa shape index (κ2) is 7.73. The lowest BCUT2D eigenvalue weighted by atomic mass is 9.87. The quantitative estimate of drug-likeness (QED) is 0.716. The fraction of sp³-hybridized carbons (Fsp3) is 0.364. The molecule has 2 aromatic carbocycles. The van der Waals surface area contributed by atoms with E-state index in [0.717, 1.165) is 0 Å². The van der Waals surface area contributed by atoms with Crippen LogP contribution in [-0.2, 0) is 9.47 Å². The molecule has 0 unspecified atom stereocenters. The predicted octanol–water partition coefficient (Wildman–Crippen LogP) is 2.80. The lowest BCUT2D eigenvalue weighted by Crippen LogP contribution is -2.33. The van der Waals surface area contributed by atoms with E-state index in [1.807, 2.05) is 0 Å². The summed E-state index contributed by atoms with van der Waals surface area (Å²) in [4.78, 5) is 25.8. The topological polar surface area (TPSA) is 71.1 Å². The van der Waals surface area contributed by atoms with Gasteiger partial charge in [-0.3, -0.25) is 9.59 Å². The van der Waals surface area contributed by atoms with E-state index in [9.17, 15) is 9.59 Å². The molecule has 0 radical (unpaired) electrons. The number of carbonyl (C=O) groups excluding carboxylic acids is 2. The van der Waals surface area contributed by atoms with Crippen LogP contribution in [0.25, 0.3) is 0 Å². The minimum absolute atomic E-state index is 0.0345. The van der Waals surface area contributed by atoms with Gasteiger partial charge in [-0.05, 0) is 48.5 Å². The molecule has 2 aliphatic rings. The molecule has 146 valence electrons. The van der Waals surface area contributed by atoms with Crippen molar-refractivity contribution in [3.05, 3.63) is 59.7 Å². The Morgan fingerprint density at radius 3 is 1.39 bits per heavy atom. The number of ether oxygens (including phenoxy) is 4. The highest BCUT2D eigenvalue weighted by Crippen LogP contribution is 2.38. The fourth-order valence-electron chi connectivity index (χ4n) is 3.89. The van der Waals surface area contributed by atoms with E-state index < -0.39 is 24.0 Å². The molecular weight excluding hydrogens is 360 g/mol. The van der Waals surface area contributed by atoms with Gasteiger partial charge in [-0.25, -0.2) is 0 Å². The smallest absolute Gasteiger partial charge is 0.170 e. The molecule has 0 amide bonds. The van der Waals surface area contributed by atoms with Gasteiger partial charge in [0.1, 0.15) is 11.5 Å². The lowest BCUT2D eigenvalue weighted by molar-refractivity contribution is 0.0547. The Morgan fingerprint density at radius 2 is 1.07 bits per heavy atom. The summed E-state index contributed by atoms with van der Waals surface area (Å²) >= 11 is 0. The molecule has 0 aliphatic carbocycles. The van der Waals surface area contributed by atoms with Crippen LogP contribution in [0, 0.1) is 11.8 Å². The summed E-state index contributed by atoms with van der Waals surface area (Å²) in [5, 5.41) is 0. The number of methoxy groups -OCH3 is 2. The zero-order chi connectivity index (χ0) is 19.7. The fourth-order valence-corrected chi connectivity index (χ4v) is 3.89. The SMILES string of the molecule is COc1ccc(C(=O)[C@H]2CO[C@@H]3[C@H]2OC[C@@H]3C(=O)c2ccc(OC)cc2)cc1. The van der Waals surface area contributed by atoms with E-state index in [1.54, 1.807) is 62.8 Å². The van der Waals surface area contributed by atoms with Crippen molar-refractivity contribution < 1.29 is 28.5 Å². The first-order chi connectivity index (χ1) is 13.6. The number of hydrogen-bond acceptors (Lipinski definition) is 6. The summed E-state index contributed by atoms with van der Waals surface area (Å²) in [6.45, 7) is 0.513. The molecule has 28 heavy (non-hydrogen) atoms. The molecule has 4 atom stereocenters. The van der Waals surface area contributed by atoms with Crippen molar-refractivity contribution in [1.82, 2.24) is 0 Å². The van der Waals surface area contributed by atoms with E-state index in [0.29, 0.717) is 22.6 Å². The van der Waals surface area contributed by atoms with Crippen LogP contribution in [0.2, 0.25) is 0 Å². The second-order valence-corrected chi connectivity index (χ2v) is 6.99. The molecule has 6 heteroatoms. The van der Waals surface area contributed by atoms with Gasteiger partial charge in [0.2, 0.25) is 0 Å². The average Bonchev–Trinajstić information content (AvgIpc) is 3.35. The highest BCUT2D eigenvalue weighted by Gasteiger charge is 2.52. The van der Waals surface area contributed by atoms with Crippen LogP contribution in [0.4, 0.5) is 0 Å². The molecule has 6 nitrogen and oxygen atoms in total. The number of Topliss-reactive ketones (excluding diaryl/α,β-unsaturated/α-hetero) is 2. The molecule has 2 aromatic rings. The van der Waals surface area contributed by atoms with Crippen LogP contribution in [0.15, 0.2) is 48.5 Å². The first-order valence-corrected chi connectivity index (χ1v) is 9.22. The maximum Gasteiger partial charge on any atom is 0.170 e. The van der Waals surface area contributed by atoms with Crippen molar-refractivity contribution >= 4 is 11.6 Å². The molecule has 0 spiro atoms. The summed E-state index contributed by atoms with van der Waals surface area (Å²) in [5.41, 5.74) is 1.17. The van der Waals surface area contributed by atoms with Crippen LogP contribution in [0.3, 0.4) is 0 Å². The zero-order valence-corrected chi connectivity index (χ0v) is 15.8. The Balaban J connectivity index is 1.47. The summed E-state index contributed by atoms with van der Waals surface area (Å²) in [6, 6.07) is 14.0. The largest absolute Gasteiger partial charge is 0.497 e. The molecule has 0 N–H and O–H groups in total. The van der Waals surface area contributed by atoms with Crippen LogP contribution in [0.5, 0.6) is 11.5 Å². The molecule has 4 rings (SSSR count). The van der Waals surface area contributed by atoms with E-state index >= 15 is 0 Å². The lowest BCUT2D eigenvalue weighted by Gasteiger charge is -2.16. The maximum absolute atomic E-state index is 12.9. The minimum Gasteiger partial charge on any atom is -0.497 e. The Labute approximate surface area is 163 Å². The Hall–Kier alpha value is -2.70. The van der Waals surface area contributed by atoms with Crippen molar-refractivity contribution in [1.29, 1.82) is 0 Å². The highest BCUT2D eigenvalue weighted by atomic mass is 16.6. The van der Waals surface area contributed by atoms with Crippen LogP contribution in [0.1, 0.15) is 20.7 Å². The number of rotatable bonds is 6. The van der Waals surface area contributed by atoms with Crippen molar-refractivity contribution in [2.75, 3.05) is 27.4 Å². The number of carbonyl (C=O) groups is 2. The van der Waals surface area contributed by atoms with E-state index in [4.69, 9.17) is 18.9 Å². The van der Waals surface area contributed by atoms with Gasteiger partial charge >= 0.3 is 0 Å². The minimum atomic E-state index is -0.410. The van der Waals surface area contributed by atoms with Gasteiger partial charge in [-0.1, -0.05) is 0 Å². The summed E-state index contributed by atoms with van der Waals surface area (Å²) in [7, 11) is 3.16. The van der Waals surface area contributed by atoms with Crippen molar-refractivity contribution in [2.45, 2.75) is 12.2 Å². The summed E-state index contributed by atoms with van der Waals surface area (Å²) in [6.07, 6.45) is -0.802. The van der Waals surface area contributed by atoms with Crippen molar-refractivity contribution in [3.63, 3.8) is 0 Å². The van der Waals surface area contributed by atoms with Gasteiger partial charge in [-0.2, -0.15) is 0 Å². The third-order valence-corrected chi connectivity index (χ3v) is 5.48. The average molecular weight is 382 g/mol. The summed E-state index contributed by atoms with van der Waals surface area (Å²) in [5.74, 6) is 0.498. The molecule has 2 heterocycles. The molecular formula is C22H22O6. The van der Waals surface area contributed by atoms with Crippen LogP contribution < -0.4 is 9.47 Å². The van der Waals surface area contributed by atoms with E-state index in [-0.39, 0.29) is 24.8 Å². The third kappa shape index (κ3) is 3.30. The first-order valence-electron chi connectivity index (χ1n) is 9.22. The molecule has 2 aliphatic heterocycles. The molecule has 0 bridgehead atoms. The second-order valence-electron chi connectivity index (χ2n) is 6.99. The molecule has 0 saturated carbocycles. The molecule has 0 aromatic heterocycles. The zero-order valence-electron chi connectivity index (χ0n) is 15.8. The highest BCUT2D eigenvalue weighted by molar-refractivity contribution is 6.00. The third-order valence-electron chi connectivity index (χ3n) is 5.48. The molecule has 2 saturated heterocycles. The van der Waals surface area contributed by atoms with Gasteiger partial charge in [-0.15, -0.1) is 0 Å². The van der Waals surface area contributed by atoms with Crippen molar-refractivity contribution in [3.8, 4) is 11.5 Å². The number of ketones is 2. The van der Waals surface area contributed by atoms with Gasteiger partial charge in [0.05, 0.1) is 51.5 Å². The number of hydrogen-bond donors (Lipinski definition) is 0. The van der Waals surface area contributed by atoms with E-state index in [1.165, 1.54) is 0 Å². The van der Waals surface area contributed by atoms with Gasteiger partial charge in [0, 0.05) is 11.1 Å². The number of fused-ring (bicyclic) bond motifs is 1. The van der Waals surface area contributed by atoms with Gasteiger partial charge < -0.3 is 18.9 Å². The van der Waals surface area contributed by atoms with Gasteiger partial charge in [0.25, 0.3) is 0 Å². The number of benzene rings is 2. The maximum atomic E-state index is 12.9. The van der Waals surface area contributed by atoms with Crippen LogP contribution in [-0.4, -0.2) is 51.2 Å². The first kappa shape index (κ1) is 18.7. The standard InChI is InChI=1S/C22H22O6/c1-25-15-7-3-13(4-8-15)19(23)17-11-27-22-18(12-28-21(17)22)20(24)14-5-9-16(26-2)10-6-14/h3-10,17-18,21-22H,11-12H2,1-2H3/t17-,18-,21+,22+/m1/s1. The Bertz CT molecular complexity index is 784. The van der Waals surface area contributed by atoms with Gasteiger partial charge in [0.15, 0.2) is 11.6 Å². The summed E-state index contributed by atoms with van der Waals surface area (Å²) < 4.78 is 22.0. The molecule has 2 fully saturated rings. The van der Waals surface area contributed by atoms with Crippen molar-refractivity contribution in [2.24, 2.45) is 11.8 Å². The monoisotopic (exact) mass is 382 g/mol. The van der Waals surface area contributed by atoms with Crippen LogP contribution >= 0.6 is 0 Å². The van der Waals surface area contributed by atoms with E-state index in [2.05, 4.69) is 0 Å².